The second-order valence-electron chi connectivity index (χ2n) is 9.74. The highest BCUT2D eigenvalue weighted by Crippen LogP contribution is 2.34. The SMILES string of the molecule is c1ccc(-c2nc(-c3ccc4ccccc4c3)nc(-c3ccc4cc5oc6ccccc6c5cc4c3)n2)cc1. The minimum atomic E-state index is 0.645. The number of fused-ring (bicyclic) bond motifs is 5. The summed E-state index contributed by atoms with van der Waals surface area (Å²) < 4.78 is 6.10. The first-order valence-electron chi connectivity index (χ1n) is 12.9. The predicted molar refractivity (Wildman–Crippen MR) is 158 cm³/mol. The Labute approximate surface area is 224 Å². The van der Waals surface area contributed by atoms with Gasteiger partial charge in [0.05, 0.1) is 0 Å². The van der Waals surface area contributed by atoms with Crippen LogP contribution >= 0.6 is 0 Å². The zero-order valence-corrected chi connectivity index (χ0v) is 20.9. The summed E-state index contributed by atoms with van der Waals surface area (Å²) in [6.45, 7) is 0. The largest absolute Gasteiger partial charge is 0.456 e. The molecule has 0 atom stereocenters. The topological polar surface area (TPSA) is 51.8 Å². The number of hydrogen-bond donors (Lipinski definition) is 0. The van der Waals surface area contributed by atoms with Gasteiger partial charge < -0.3 is 4.42 Å². The lowest BCUT2D eigenvalue weighted by Crippen LogP contribution is -2.00. The van der Waals surface area contributed by atoms with E-state index in [1.54, 1.807) is 0 Å². The maximum atomic E-state index is 6.10. The molecule has 0 unspecified atom stereocenters. The molecule has 0 aliphatic heterocycles. The van der Waals surface area contributed by atoms with Gasteiger partial charge in [-0.15, -0.1) is 0 Å². The highest BCUT2D eigenvalue weighted by molar-refractivity contribution is 6.10. The molecule has 39 heavy (non-hydrogen) atoms. The van der Waals surface area contributed by atoms with E-state index in [0.29, 0.717) is 17.5 Å². The highest BCUT2D eigenvalue weighted by Gasteiger charge is 2.14. The van der Waals surface area contributed by atoms with Gasteiger partial charge in [0.1, 0.15) is 11.2 Å². The standard InChI is InChI=1S/C35H21N3O/c1-2-9-23(10-3-1)33-36-34(26-16-14-22-8-4-5-11-24(22)18-26)38-35(37-33)27-17-15-25-21-32-30(20-28(25)19-27)29-12-6-7-13-31(29)39-32/h1-21H. The van der Waals surface area contributed by atoms with Crippen LogP contribution in [-0.4, -0.2) is 15.0 Å². The fourth-order valence-corrected chi connectivity index (χ4v) is 5.29. The maximum absolute atomic E-state index is 6.10. The molecule has 0 radical (unpaired) electrons. The number of benzene rings is 6. The Morgan fingerprint density at radius 3 is 1.74 bits per heavy atom. The summed E-state index contributed by atoms with van der Waals surface area (Å²) in [5, 5.41) is 6.78. The van der Waals surface area contributed by atoms with Crippen LogP contribution < -0.4 is 0 Å². The molecule has 2 aromatic heterocycles. The molecule has 0 saturated heterocycles. The van der Waals surface area contributed by atoms with Gasteiger partial charge in [-0.25, -0.2) is 15.0 Å². The highest BCUT2D eigenvalue weighted by atomic mass is 16.3. The number of hydrogen-bond acceptors (Lipinski definition) is 4. The number of furan rings is 1. The lowest BCUT2D eigenvalue weighted by atomic mass is 10.0. The van der Waals surface area contributed by atoms with Gasteiger partial charge in [0.2, 0.25) is 0 Å². The molecule has 0 spiro atoms. The minimum Gasteiger partial charge on any atom is -0.456 e. The smallest absolute Gasteiger partial charge is 0.164 e. The van der Waals surface area contributed by atoms with Crippen molar-refractivity contribution in [1.82, 2.24) is 15.0 Å². The second kappa shape index (κ2) is 8.61. The molecule has 0 amide bonds. The summed E-state index contributed by atoms with van der Waals surface area (Å²) in [7, 11) is 0. The van der Waals surface area contributed by atoms with E-state index in [2.05, 4.69) is 78.9 Å². The van der Waals surface area contributed by atoms with Crippen LogP contribution in [0, 0.1) is 0 Å². The van der Waals surface area contributed by atoms with Crippen LogP contribution in [-0.2, 0) is 0 Å². The Morgan fingerprint density at radius 1 is 0.359 bits per heavy atom. The first kappa shape index (κ1) is 21.7. The number of para-hydroxylation sites is 1. The van der Waals surface area contributed by atoms with Gasteiger partial charge in [0.25, 0.3) is 0 Å². The van der Waals surface area contributed by atoms with Crippen LogP contribution in [0.2, 0.25) is 0 Å². The molecule has 182 valence electrons. The Kier molecular flexibility index (Phi) is 4.79. The molecule has 4 heteroatoms. The van der Waals surface area contributed by atoms with Gasteiger partial charge in [-0.2, -0.15) is 0 Å². The van der Waals surface area contributed by atoms with Gasteiger partial charge in [-0.1, -0.05) is 97.1 Å². The monoisotopic (exact) mass is 499 g/mol. The van der Waals surface area contributed by atoms with Crippen molar-refractivity contribution in [2.24, 2.45) is 0 Å². The first-order chi connectivity index (χ1) is 19.3. The molecule has 0 aliphatic rings. The zero-order chi connectivity index (χ0) is 25.8. The molecule has 0 N–H and O–H groups in total. The molecular weight excluding hydrogens is 478 g/mol. The van der Waals surface area contributed by atoms with Gasteiger partial charge >= 0.3 is 0 Å². The van der Waals surface area contributed by atoms with Gasteiger partial charge in [0.15, 0.2) is 17.5 Å². The van der Waals surface area contributed by atoms with E-state index in [4.69, 9.17) is 19.4 Å². The molecule has 8 rings (SSSR count). The van der Waals surface area contributed by atoms with Crippen molar-refractivity contribution in [1.29, 1.82) is 0 Å². The van der Waals surface area contributed by atoms with Crippen molar-refractivity contribution < 1.29 is 4.42 Å². The van der Waals surface area contributed by atoms with E-state index < -0.39 is 0 Å². The molecule has 4 nitrogen and oxygen atoms in total. The molecule has 0 fully saturated rings. The van der Waals surface area contributed by atoms with E-state index >= 15 is 0 Å². The summed E-state index contributed by atoms with van der Waals surface area (Å²) in [4.78, 5) is 14.8. The van der Waals surface area contributed by atoms with Crippen LogP contribution in [0.15, 0.2) is 132 Å². The van der Waals surface area contributed by atoms with Crippen molar-refractivity contribution in [3.8, 4) is 34.2 Å². The zero-order valence-electron chi connectivity index (χ0n) is 20.9. The third-order valence-electron chi connectivity index (χ3n) is 7.27. The Hall–Kier alpha value is -5.35. The van der Waals surface area contributed by atoms with Crippen molar-refractivity contribution in [3.63, 3.8) is 0 Å². The fraction of sp³-hybridized carbons (Fsp3) is 0. The molecule has 0 saturated carbocycles. The second-order valence-corrected chi connectivity index (χ2v) is 9.74. The quantitative estimate of drug-likeness (QED) is 0.243. The average Bonchev–Trinajstić information content (AvgIpc) is 3.37. The van der Waals surface area contributed by atoms with E-state index in [9.17, 15) is 0 Å². The van der Waals surface area contributed by atoms with Crippen LogP contribution in [0.4, 0.5) is 0 Å². The molecule has 2 heterocycles. The molecule has 0 aliphatic carbocycles. The predicted octanol–water partition coefficient (Wildman–Crippen LogP) is 9.08. The fourth-order valence-electron chi connectivity index (χ4n) is 5.29. The molecule has 8 aromatic rings. The Bertz CT molecular complexity index is 2180. The number of aromatic nitrogens is 3. The molecule has 0 bridgehead atoms. The van der Waals surface area contributed by atoms with Gasteiger partial charge in [0, 0.05) is 27.5 Å². The summed E-state index contributed by atoms with van der Waals surface area (Å²) in [5.41, 5.74) is 4.64. The van der Waals surface area contributed by atoms with E-state index in [1.807, 2.05) is 48.5 Å². The minimum absolute atomic E-state index is 0.645. The van der Waals surface area contributed by atoms with E-state index in [-0.39, 0.29) is 0 Å². The Morgan fingerprint density at radius 2 is 0.949 bits per heavy atom. The third kappa shape index (κ3) is 3.73. The lowest BCUT2D eigenvalue weighted by molar-refractivity contribution is 0.669. The number of nitrogens with zero attached hydrogens (tertiary/aromatic N) is 3. The molecular formula is C35H21N3O. The average molecular weight is 500 g/mol. The van der Waals surface area contributed by atoms with Crippen LogP contribution in [0.25, 0.3) is 77.6 Å². The van der Waals surface area contributed by atoms with Crippen molar-refractivity contribution in [2.75, 3.05) is 0 Å². The van der Waals surface area contributed by atoms with Gasteiger partial charge in [-0.05, 0) is 51.9 Å². The van der Waals surface area contributed by atoms with Crippen LogP contribution in [0.3, 0.4) is 0 Å². The summed E-state index contributed by atoms with van der Waals surface area (Å²) in [6.07, 6.45) is 0. The maximum Gasteiger partial charge on any atom is 0.164 e. The Balaban J connectivity index is 1.33. The normalized spacial score (nSPS) is 11.6. The number of rotatable bonds is 3. The van der Waals surface area contributed by atoms with Crippen molar-refractivity contribution in [3.05, 3.63) is 127 Å². The summed E-state index contributed by atoms with van der Waals surface area (Å²) in [5.74, 6) is 1.95. The first-order valence-corrected chi connectivity index (χ1v) is 12.9. The van der Waals surface area contributed by atoms with Crippen molar-refractivity contribution >= 4 is 43.5 Å². The lowest BCUT2D eigenvalue weighted by Gasteiger charge is -2.10. The summed E-state index contributed by atoms with van der Waals surface area (Å²) >= 11 is 0. The molecule has 6 aromatic carbocycles. The van der Waals surface area contributed by atoms with Crippen LogP contribution in [0.5, 0.6) is 0 Å². The van der Waals surface area contributed by atoms with Crippen LogP contribution in [0.1, 0.15) is 0 Å². The van der Waals surface area contributed by atoms with E-state index in [0.717, 1.165) is 54.8 Å². The third-order valence-corrected chi connectivity index (χ3v) is 7.27. The van der Waals surface area contributed by atoms with Crippen molar-refractivity contribution in [2.45, 2.75) is 0 Å². The van der Waals surface area contributed by atoms with Gasteiger partial charge in [-0.3, -0.25) is 0 Å². The van der Waals surface area contributed by atoms with E-state index in [1.165, 1.54) is 5.39 Å². The summed E-state index contributed by atoms with van der Waals surface area (Å²) in [6, 6.07) is 43.6.